The second-order valence-electron chi connectivity index (χ2n) is 6.86. The van der Waals surface area contributed by atoms with E-state index in [2.05, 4.69) is 10.2 Å². The first-order valence-corrected chi connectivity index (χ1v) is 8.62. The third-order valence-corrected chi connectivity index (χ3v) is 5.42. The summed E-state index contributed by atoms with van der Waals surface area (Å²) in [7, 11) is 0. The van der Waals surface area contributed by atoms with Crippen LogP contribution in [0.5, 0.6) is 0 Å². The van der Waals surface area contributed by atoms with Crippen molar-refractivity contribution >= 4 is 11.8 Å². The van der Waals surface area contributed by atoms with Crippen molar-refractivity contribution in [2.75, 3.05) is 32.7 Å². The molecule has 2 heterocycles. The second-order valence-corrected chi connectivity index (χ2v) is 6.86. The molecule has 0 radical (unpaired) electrons. The molecule has 0 bridgehead atoms. The maximum Gasteiger partial charge on any atom is 0.239 e. The molecule has 124 valence electrons. The van der Waals surface area contributed by atoms with Gasteiger partial charge >= 0.3 is 0 Å². The number of piperazine rings is 1. The number of carbonyl (C=O) groups excluding carboxylic acids is 2. The largest absolute Gasteiger partial charge is 0.393 e. The van der Waals surface area contributed by atoms with Gasteiger partial charge in [0, 0.05) is 25.0 Å². The Kier molecular flexibility index (Phi) is 4.98. The quantitative estimate of drug-likeness (QED) is 0.767. The lowest BCUT2D eigenvalue weighted by molar-refractivity contribution is -0.139. The number of nitrogens with one attached hydrogen (secondary N) is 1. The van der Waals surface area contributed by atoms with E-state index in [-0.39, 0.29) is 24.5 Å². The summed E-state index contributed by atoms with van der Waals surface area (Å²) in [5, 5.41) is 13.0. The Morgan fingerprint density at radius 1 is 1.18 bits per heavy atom. The molecule has 3 aliphatic rings. The zero-order valence-corrected chi connectivity index (χ0v) is 13.2. The predicted octanol–water partition coefficient (Wildman–Crippen LogP) is -0.0397. The van der Waals surface area contributed by atoms with Crippen molar-refractivity contribution in [2.24, 2.45) is 5.92 Å². The van der Waals surface area contributed by atoms with Crippen molar-refractivity contribution in [2.45, 2.75) is 50.7 Å². The summed E-state index contributed by atoms with van der Waals surface area (Å²) in [5.41, 5.74) is 0. The molecule has 0 aromatic carbocycles. The Balaban J connectivity index is 1.58. The molecular formula is C16H27N3O3. The third-order valence-electron chi connectivity index (χ3n) is 5.42. The van der Waals surface area contributed by atoms with Gasteiger partial charge in [0.15, 0.2) is 0 Å². The van der Waals surface area contributed by atoms with Crippen LogP contribution in [0.25, 0.3) is 0 Å². The molecule has 3 rings (SSSR count). The van der Waals surface area contributed by atoms with Crippen molar-refractivity contribution in [3.05, 3.63) is 0 Å². The first kappa shape index (κ1) is 15.7. The highest BCUT2D eigenvalue weighted by Crippen LogP contribution is 2.34. The molecule has 6 nitrogen and oxygen atoms in total. The monoisotopic (exact) mass is 309 g/mol. The Hall–Kier alpha value is -1.14. The van der Waals surface area contributed by atoms with Gasteiger partial charge in [0.25, 0.3) is 0 Å². The number of nitrogens with zero attached hydrogens (tertiary/aromatic N) is 2. The van der Waals surface area contributed by atoms with E-state index in [0.717, 1.165) is 38.6 Å². The summed E-state index contributed by atoms with van der Waals surface area (Å²) in [6.45, 7) is 2.66. The lowest BCUT2D eigenvalue weighted by Crippen LogP contribution is -2.53. The van der Waals surface area contributed by atoms with Gasteiger partial charge in [-0.15, -0.1) is 0 Å². The summed E-state index contributed by atoms with van der Waals surface area (Å²) in [4.78, 5) is 27.8. The summed E-state index contributed by atoms with van der Waals surface area (Å²) in [6, 6.07) is 0.331. The molecule has 6 heteroatoms. The van der Waals surface area contributed by atoms with Gasteiger partial charge in [0.05, 0.1) is 19.2 Å². The van der Waals surface area contributed by atoms with Crippen molar-refractivity contribution in [1.82, 2.24) is 15.1 Å². The van der Waals surface area contributed by atoms with Crippen LogP contribution >= 0.6 is 0 Å². The number of hydrogen-bond donors (Lipinski definition) is 2. The van der Waals surface area contributed by atoms with Gasteiger partial charge in [0.2, 0.25) is 11.8 Å². The molecule has 0 aromatic rings. The Morgan fingerprint density at radius 3 is 2.77 bits per heavy atom. The summed E-state index contributed by atoms with van der Waals surface area (Å²) in [6.07, 6.45) is 6.24. The molecular weight excluding hydrogens is 282 g/mol. The average molecular weight is 309 g/mol. The van der Waals surface area contributed by atoms with Gasteiger partial charge in [-0.25, -0.2) is 0 Å². The van der Waals surface area contributed by atoms with E-state index < -0.39 is 0 Å². The first-order chi connectivity index (χ1) is 10.6. The fourth-order valence-electron chi connectivity index (χ4n) is 4.25. The molecule has 2 saturated heterocycles. The number of likely N-dealkylation sites (tertiary alicyclic amines) is 1. The Bertz CT molecular complexity index is 429. The minimum absolute atomic E-state index is 0.0482. The highest BCUT2D eigenvalue weighted by atomic mass is 16.3. The number of aliphatic hydroxyl groups is 1. The van der Waals surface area contributed by atoms with Crippen LogP contribution in [0, 0.1) is 5.92 Å². The summed E-state index contributed by atoms with van der Waals surface area (Å²) in [5.74, 6) is 0.293. The zero-order valence-electron chi connectivity index (χ0n) is 13.2. The van der Waals surface area contributed by atoms with Crippen molar-refractivity contribution in [1.29, 1.82) is 0 Å². The number of hydrogen-bond acceptors (Lipinski definition) is 4. The second kappa shape index (κ2) is 6.96. The van der Waals surface area contributed by atoms with Crippen LogP contribution in [0.15, 0.2) is 0 Å². The molecule has 2 N–H and O–H groups in total. The molecule has 0 aromatic heterocycles. The fourth-order valence-corrected chi connectivity index (χ4v) is 4.25. The number of amides is 2. The SMILES string of the molecule is O=C1CN(C(=O)CN2CCC[C@@H]2[C@@H]2CCCC[C@@H]2O)CCN1. The maximum absolute atomic E-state index is 12.5. The van der Waals surface area contributed by atoms with Crippen molar-refractivity contribution < 1.29 is 14.7 Å². The van der Waals surface area contributed by atoms with E-state index in [1.54, 1.807) is 4.90 Å². The highest BCUT2D eigenvalue weighted by molar-refractivity contribution is 5.86. The summed E-state index contributed by atoms with van der Waals surface area (Å²) >= 11 is 0. The molecule has 2 aliphatic heterocycles. The Morgan fingerprint density at radius 2 is 2.00 bits per heavy atom. The van der Waals surface area contributed by atoms with Gasteiger partial charge in [-0.05, 0) is 32.2 Å². The number of rotatable bonds is 3. The maximum atomic E-state index is 12.5. The lowest BCUT2D eigenvalue weighted by atomic mass is 9.80. The molecule has 0 unspecified atom stereocenters. The topological polar surface area (TPSA) is 72.9 Å². The van der Waals surface area contributed by atoms with Crippen LogP contribution in [0.1, 0.15) is 38.5 Å². The average Bonchev–Trinajstić information content (AvgIpc) is 2.95. The van der Waals surface area contributed by atoms with Crippen LogP contribution in [0.3, 0.4) is 0 Å². The molecule has 1 aliphatic carbocycles. The zero-order chi connectivity index (χ0) is 15.5. The standard InChI is InChI=1S/C16H27N3O3/c20-14-6-2-1-4-12(14)13-5-3-8-18(13)11-16(22)19-9-7-17-15(21)10-19/h12-14,20H,1-11H2,(H,17,21)/t12-,13+,14-/m0/s1. The minimum atomic E-state index is -0.213. The van der Waals surface area contributed by atoms with E-state index in [9.17, 15) is 14.7 Å². The van der Waals surface area contributed by atoms with Crippen LogP contribution in [-0.2, 0) is 9.59 Å². The van der Waals surface area contributed by atoms with Gasteiger partial charge in [-0.3, -0.25) is 14.5 Å². The third kappa shape index (κ3) is 3.43. The van der Waals surface area contributed by atoms with E-state index in [1.807, 2.05) is 0 Å². The lowest BCUT2D eigenvalue weighted by Gasteiger charge is -2.38. The van der Waals surface area contributed by atoms with Crippen molar-refractivity contribution in [3.8, 4) is 0 Å². The van der Waals surface area contributed by atoms with Gasteiger partial charge in [0.1, 0.15) is 0 Å². The first-order valence-electron chi connectivity index (χ1n) is 8.62. The van der Waals surface area contributed by atoms with Gasteiger partial charge < -0.3 is 15.3 Å². The van der Waals surface area contributed by atoms with Crippen molar-refractivity contribution in [3.63, 3.8) is 0 Å². The summed E-state index contributed by atoms with van der Waals surface area (Å²) < 4.78 is 0. The number of aliphatic hydroxyl groups excluding tert-OH is 1. The molecule has 0 spiro atoms. The molecule has 22 heavy (non-hydrogen) atoms. The number of carbonyl (C=O) groups is 2. The van der Waals surface area contributed by atoms with Crippen LogP contribution in [0.2, 0.25) is 0 Å². The molecule has 3 atom stereocenters. The molecule has 3 fully saturated rings. The molecule has 1 saturated carbocycles. The fraction of sp³-hybridized carbons (Fsp3) is 0.875. The Labute approximate surface area is 131 Å². The van der Waals surface area contributed by atoms with E-state index in [4.69, 9.17) is 0 Å². The van der Waals surface area contributed by atoms with Crippen LogP contribution < -0.4 is 5.32 Å². The van der Waals surface area contributed by atoms with Gasteiger partial charge in [-0.1, -0.05) is 12.8 Å². The molecule has 2 amide bonds. The van der Waals surface area contributed by atoms with E-state index in [0.29, 0.717) is 31.6 Å². The van der Waals surface area contributed by atoms with Gasteiger partial charge in [-0.2, -0.15) is 0 Å². The predicted molar refractivity (Wildman–Crippen MR) is 82.1 cm³/mol. The highest BCUT2D eigenvalue weighted by Gasteiger charge is 2.38. The smallest absolute Gasteiger partial charge is 0.239 e. The van der Waals surface area contributed by atoms with Crippen LogP contribution in [-0.4, -0.2) is 71.6 Å². The van der Waals surface area contributed by atoms with E-state index in [1.165, 1.54) is 6.42 Å². The minimum Gasteiger partial charge on any atom is -0.393 e. The van der Waals surface area contributed by atoms with Crippen LogP contribution in [0.4, 0.5) is 0 Å². The normalized spacial score (nSPS) is 33.8. The van der Waals surface area contributed by atoms with E-state index >= 15 is 0 Å².